The average Bonchev–Trinajstić information content (AvgIpc) is 2.71. The van der Waals surface area contributed by atoms with E-state index in [1.165, 1.54) is 19.3 Å². The first-order valence-corrected chi connectivity index (χ1v) is 11.3. The highest BCUT2D eigenvalue weighted by Gasteiger charge is 2.54. The molecule has 4 aliphatic carbocycles. The number of amides is 2. The Morgan fingerprint density at radius 1 is 1.03 bits per heavy atom. The summed E-state index contributed by atoms with van der Waals surface area (Å²) in [5.41, 5.74) is 1.77. The molecule has 1 aromatic carbocycles. The van der Waals surface area contributed by atoms with Gasteiger partial charge < -0.3 is 10.2 Å². The van der Waals surface area contributed by atoms with Crippen LogP contribution in [0, 0.1) is 35.0 Å². The van der Waals surface area contributed by atoms with Crippen molar-refractivity contribution < 1.29 is 9.59 Å². The normalized spacial score (nSPS) is 32.6. The van der Waals surface area contributed by atoms with E-state index >= 15 is 0 Å². The van der Waals surface area contributed by atoms with E-state index in [4.69, 9.17) is 0 Å². The minimum Gasteiger partial charge on any atom is -0.345 e. The van der Waals surface area contributed by atoms with Crippen LogP contribution >= 0.6 is 0 Å². The van der Waals surface area contributed by atoms with Crippen LogP contribution in [-0.2, 0) is 9.59 Å². The molecule has 1 saturated heterocycles. The van der Waals surface area contributed by atoms with Crippen LogP contribution in [0.5, 0.6) is 0 Å². The summed E-state index contributed by atoms with van der Waals surface area (Å²) in [7, 11) is 0. The van der Waals surface area contributed by atoms with Crippen molar-refractivity contribution in [3.63, 3.8) is 0 Å². The largest absolute Gasteiger partial charge is 0.345 e. The number of hydrogen-bond donors (Lipinski definition) is 1. The molecule has 4 nitrogen and oxygen atoms in total. The molecule has 0 atom stereocenters. The number of nitrogens with one attached hydrogen (secondary N) is 1. The fraction of sp³-hybridized carbons (Fsp3) is 0.600. The molecule has 5 aliphatic rings. The van der Waals surface area contributed by atoms with Gasteiger partial charge in [-0.2, -0.15) is 0 Å². The van der Waals surface area contributed by atoms with Crippen LogP contribution in [0.4, 0.5) is 5.69 Å². The molecule has 5 fully saturated rings. The molecule has 1 N–H and O–H groups in total. The Bertz CT molecular complexity index is 826. The van der Waals surface area contributed by atoms with Crippen molar-refractivity contribution >= 4 is 17.5 Å². The number of carbonyl (C=O) groups is 2. The Morgan fingerprint density at radius 2 is 1.69 bits per heavy atom. The highest BCUT2D eigenvalue weighted by molar-refractivity contribution is 5.94. The third-order valence-electron chi connectivity index (χ3n) is 7.59. The van der Waals surface area contributed by atoms with Crippen LogP contribution in [0.1, 0.15) is 63.4 Å². The van der Waals surface area contributed by atoms with Gasteiger partial charge in [-0.25, -0.2) is 0 Å². The Labute approximate surface area is 173 Å². The molecule has 0 aromatic heterocycles. The maximum absolute atomic E-state index is 12.9. The van der Waals surface area contributed by atoms with Crippen molar-refractivity contribution in [1.29, 1.82) is 0 Å². The second-order valence-corrected chi connectivity index (χ2v) is 9.73. The smallest absolute Gasteiger partial charge is 0.226 e. The van der Waals surface area contributed by atoms with Crippen LogP contribution in [0.15, 0.2) is 24.3 Å². The van der Waals surface area contributed by atoms with Crippen LogP contribution in [0.2, 0.25) is 0 Å². The van der Waals surface area contributed by atoms with Gasteiger partial charge in [0.05, 0.1) is 6.54 Å². The SMILES string of the molecule is O=C1CCCCN1c1ccc(C#CCNC(=O)C23CC4CC(CC(C4)C2)C3)cc1. The highest BCUT2D eigenvalue weighted by Crippen LogP contribution is 2.60. The van der Waals surface area contributed by atoms with Crippen molar-refractivity contribution in [2.24, 2.45) is 23.2 Å². The lowest BCUT2D eigenvalue weighted by Gasteiger charge is -2.55. The molecule has 4 heteroatoms. The first-order chi connectivity index (χ1) is 14.1. The predicted octanol–water partition coefficient (Wildman–Crippen LogP) is 3.89. The Balaban J connectivity index is 1.17. The van der Waals surface area contributed by atoms with Gasteiger partial charge in [-0.3, -0.25) is 9.59 Å². The fourth-order valence-electron chi connectivity index (χ4n) is 6.65. The number of anilines is 1. The predicted molar refractivity (Wildman–Crippen MR) is 113 cm³/mol. The monoisotopic (exact) mass is 390 g/mol. The molecule has 6 rings (SSSR count). The Hall–Kier alpha value is -2.28. The van der Waals surface area contributed by atoms with E-state index in [0.717, 1.165) is 67.7 Å². The molecule has 1 aromatic rings. The van der Waals surface area contributed by atoms with Crippen molar-refractivity contribution in [3.8, 4) is 11.8 Å². The topological polar surface area (TPSA) is 49.4 Å². The molecule has 4 bridgehead atoms. The average molecular weight is 391 g/mol. The maximum atomic E-state index is 12.9. The van der Waals surface area contributed by atoms with E-state index in [1.807, 2.05) is 29.2 Å². The van der Waals surface area contributed by atoms with Crippen molar-refractivity contribution in [3.05, 3.63) is 29.8 Å². The lowest BCUT2D eigenvalue weighted by Crippen LogP contribution is -2.53. The highest BCUT2D eigenvalue weighted by atomic mass is 16.2. The van der Waals surface area contributed by atoms with Gasteiger partial charge in [0.25, 0.3) is 0 Å². The molecule has 2 amide bonds. The third kappa shape index (κ3) is 3.68. The van der Waals surface area contributed by atoms with Gasteiger partial charge in [0, 0.05) is 29.6 Å². The van der Waals surface area contributed by atoms with Gasteiger partial charge in [-0.05, 0) is 93.4 Å². The van der Waals surface area contributed by atoms with Gasteiger partial charge in [-0.1, -0.05) is 11.8 Å². The zero-order valence-electron chi connectivity index (χ0n) is 17.1. The summed E-state index contributed by atoms with van der Waals surface area (Å²) >= 11 is 0. The molecule has 4 saturated carbocycles. The zero-order valence-corrected chi connectivity index (χ0v) is 17.1. The Morgan fingerprint density at radius 3 is 2.31 bits per heavy atom. The number of hydrogen-bond acceptors (Lipinski definition) is 2. The second kappa shape index (κ2) is 7.52. The molecule has 0 spiro atoms. The maximum Gasteiger partial charge on any atom is 0.226 e. The molecule has 0 unspecified atom stereocenters. The van der Waals surface area contributed by atoms with Crippen LogP contribution < -0.4 is 10.2 Å². The van der Waals surface area contributed by atoms with Gasteiger partial charge in [0.15, 0.2) is 0 Å². The van der Waals surface area contributed by atoms with Gasteiger partial charge in [0.1, 0.15) is 0 Å². The standard InChI is InChI=1S/C25H30N2O2/c28-23-5-1-2-11-27(23)22-8-6-18(7-9-22)4-3-10-26-24(29)25-15-19-12-20(16-25)14-21(13-19)17-25/h6-9,19-21H,1-2,5,10-17H2,(H,26,29). The minimum absolute atomic E-state index is 0.0982. The van der Waals surface area contributed by atoms with Gasteiger partial charge in [0.2, 0.25) is 11.8 Å². The first kappa shape index (κ1) is 18.7. The summed E-state index contributed by atoms with van der Waals surface area (Å²) < 4.78 is 0. The lowest BCUT2D eigenvalue weighted by molar-refractivity contribution is -0.145. The van der Waals surface area contributed by atoms with Crippen LogP contribution in [0.3, 0.4) is 0 Å². The molecular formula is C25H30N2O2. The van der Waals surface area contributed by atoms with Gasteiger partial charge in [-0.15, -0.1) is 0 Å². The lowest BCUT2D eigenvalue weighted by atomic mass is 9.49. The molecule has 0 radical (unpaired) electrons. The number of piperidine rings is 1. The number of nitrogens with zero attached hydrogens (tertiary/aromatic N) is 1. The summed E-state index contributed by atoms with van der Waals surface area (Å²) in [6, 6.07) is 7.87. The number of carbonyl (C=O) groups excluding carboxylic acids is 2. The molecule has 152 valence electrons. The van der Waals surface area contributed by atoms with Gasteiger partial charge >= 0.3 is 0 Å². The van der Waals surface area contributed by atoms with E-state index in [0.29, 0.717) is 13.0 Å². The van der Waals surface area contributed by atoms with Crippen molar-refractivity contribution in [2.45, 2.75) is 57.8 Å². The Kier molecular flexibility index (Phi) is 4.86. The second-order valence-electron chi connectivity index (χ2n) is 9.73. The summed E-state index contributed by atoms with van der Waals surface area (Å²) in [6.45, 7) is 1.22. The van der Waals surface area contributed by atoms with E-state index in [1.54, 1.807) is 0 Å². The van der Waals surface area contributed by atoms with E-state index in [-0.39, 0.29) is 17.2 Å². The first-order valence-electron chi connectivity index (χ1n) is 11.3. The van der Waals surface area contributed by atoms with E-state index in [2.05, 4.69) is 17.2 Å². The van der Waals surface area contributed by atoms with Crippen LogP contribution in [-0.4, -0.2) is 24.9 Å². The third-order valence-corrected chi connectivity index (χ3v) is 7.59. The van der Waals surface area contributed by atoms with Crippen molar-refractivity contribution in [1.82, 2.24) is 5.32 Å². The molecular weight excluding hydrogens is 360 g/mol. The zero-order chi connectivity index (χ0) is 19.8. The van der Waals surface area contributed by atoms with Crippen LogP contribution in [0.25, 0.3) is 0 Å². The molecule has 1 heterocycles. The molecule has 1 aliphatic heterocycles. The summed E-state index contributed by atoms with van der Waals surface area (Å²) in [5, 5.41) is 3.11. The summed E-state index contributed by atoms with van der Waals surface area (Å²) in [5.74, 6) is 9.05. The van der Waals surface area contributed by atoms with E-state index < -0.39 is 0 Å². The molecule has 29 heavy (non-hydrogen) atoms. The quantitative estimate of drug-likeness (QED) is 0.796. The fourth-order valence-corrected chi connectivity index (χ4v) is 6.65. The summed E-state index contributed by atoms with van der Waals surface area (Å²) in [6.07, 6.45) is 10.0. The number of rotatable bonds is 3. The summed E-state index contributed by atoms with van der Waals surface area (Å²) in [4.78, 5) is 26.9. The van der Waals surface area contributed by atoms with Crippen molar-refractivity contribution in [2.75, 3.05) is 18.0 Å². The minimum atomic E-state index is -0.0982. The number of benzene rings is 1. The van der Waals surface area contributed by atoms with E-state index in [9.17, 15) is 9.59 Å².